The standard InChI is InChI=1S/C15H22BrN3O/c1-2-18-9-11-5-6-13(16)8-14(11)19-7-3-4-12(10-19)15(17)20/h5-6,8,12,18H,2-4,7,9-10H2,1H3,(H2,17,20). The molecule has 4 nitrogen and oxygen atoms in total. The van der Waals surface area contributed by atoms with Gasteiger partial charge in [-0.1, -0.05) is 28.9 Å². The van der Waals surface area contributed by atoms with Crippen LogP contribution in [0, 0.1) is 5.92 Å². The molecule has 1 unspecified atom stereocenters. The molecule has 20 heavy (non-hydrogen) atoms. The van der Waals surface area contributed by atoms with Crippen molar-refractivity contribution in [2.75, 3.05) is 24.5 Å². The van der Waals surface area contributed by atoms with E-state index in [4.69, 9.17) is 5.73 Å². The molecule has 1 saturated heterocycles. The van der Waals surface area contributed by atoms with Gasteiger partial charge >= 0.3 is 0 Å². The number of piperidine rings is 1. The van der Waals surface area contributed by atoms with E-state index in [0.29, 0.717) is 0 Å². The van der Waals surface area contributed by atoms with Crippen LogP contribution in [-0.2, 0) is 11.3 Å². The molecule has 1 fully saturated rings. The van der Waals surface area contributed by atoms with Crippen molar-refractivity contribution in [2.24, 2.45) is 11.7 Å². The molecular formula is C15H22BrN3O. The number of hydrogen-bond donors (Lipinski definition) is 2. The first-order chi connectivity index (χ1) is 9.61. The average Bonchev–Trinajstić information content (AvgIpc) is 2.46. The summed E-state index contributed by atoms with van der Waals surface area (Å²) in [4.78, 5) is 13.7. The molecule has 0 saturated carbocycles. The molecule has 0 spiro atoms. The Morgan fingerprint density at radius 1 is 1.55 bits per heavy atom. The van der Waals surface area contributed by atoms with Gasteiger partial charge in [0.25, 0.3) is 0 Å². The number of rotatable bonds is 5. The first kappa shape index (κ1) is 15.3. The molecule has 1 aliphatic rings. The number of amides is 1. The van der Waals surface area contributed by atoms with Crippen LogP contribution in [0.15, 0.2) is 22.7 Å². The maximum atomic E-state index is 11.4. The normalized spacial score (nSPS) is 19.1. The van der Waals surface area contributed by atoms with Crippen LogP contribution < -0.4 is 16.0 Å². The van der Waals surface area contributed by atoms with Gasteiger partial charge in [0.15, 0.2) is 0 Å². The highest BCUT2D eigenvalue weighted by molar-refractivity contribution is 9.10. The van der Waals surface area contributed by atoms with Gasteiger partial charge in [0, 0.05) is 29.8 Å². The Kier molecular flexibility index (Phi) is 5.43. The van der Waals surface area contributed by atoms with Crippen molar-refractivity contribution < 1.29 is 4.79 Å². The Morgan fingerprint density at radius 3 is 3.05 bits per heavy atom. The fourth-order valence-corrected chi connectivity index (χ4v) is 3.02. The van der Waals surface area contributed by atoms with Gasteiger partial charge in [-0.05, 0) is 37.1 Å². The maximum absolute atomic E-state index is 11.4. The number of hydrogen-bond acceptors (Lipinski definition) is 3. The second kappa shape index (κ2) is 7.09. The predicted molar refractivity (Wildman–Crippen MR) is 85.7 cm³/mol. The number of nitrogens with two attached hydrogens (primary N) is 1. The van der Waals surface area contributed by atoms with Gasteiger partial charge in [-0.3, -0.25) is 4.79 Å². The highest BCUT2D eigenvalue weighted by Crippen LogP contribution is 2.29. The third-order valence-electron chi connectivity index (χ3n) is 3.78. The lowest BCUT2D eigenvalue weighted by Crippen LogP contribution is -2.41. The van der Waals surface area contributed by atoms with Crippen molar-refractivity contribution in [3.8, 4) is 0 Å². The molecule has 0 aromatic heterocycles. The number of carbonyl (C=O) groups excluding carboxylic acids is 1. The van der Waals surface area contributed by atoms with Crippen molar-refractivity contribution in [1.29, 1.82) is 0 Å². The Hall–Kier alpha value is -1.07. The molecule has 1 amide bonds. The number of carbonyl (C=O) groups is 1. The van der Waals surface area contributed by atoms with Gasteiger partial charge in [-0.25, -0.2) is 0 Å². The van der Waals surface area contributed by atoms with Gasteiger partial charge in [-0.2, -0.15) is 0 Å². The second-order valence-electron chi connectivity index (χ2n) is 5.24. The summed E-state index contributed by atoms with van der Waals surface area (Å²) in [7, 11) is 0. The average molecular weight is 340 g/mol. The van der Waals surface area contributed by atoms with Gasteiger partial charge in [0.1, 0.15) is 0 Å². The van der Waals surface area contributed by atoms with E-state index < -0.39 is 0 Å². The molecule has 0 radical (unpaired) electrons. The van der Waals surface area contributed by atoms with Crippen LogP contribution in [0.2, 0.25) is 0 Å². The van der Waals surface area contributed by atoms with Gasteiger partial charge in [0.2, 0.25) is 5.91 Å². The zero-order valence-electron chi connectivity index (χ0n) is 11.9. The molecule has 1 atom stereocenters. The maximum Gasteiger partial charge on any atom is 0.222 e. The number of benzene rings is 1. The second-order valence-corrected chi connectivity index (χ2v) is 6.16. The molecule has 0 bridgehead atoms. The lowest BCUT2D eigenvalue weighted by molar-refractivity contribution is -0.122. The van der Waals surface area contributed by atoms with Gasteiger partial charge in [-0.15, -0.1) is 0 Å². The molecule has 1 aromatic carbocycles. The molecular weight excluding hydrogens is 318 g/mol. The summed E-state index contributed by atoms with van der Waals surface area (Å²) < 4.78 is 1.06. The number of nitrogens with zero attached hydrogens (tertiary/aromatic N) is 1. The van der Waals surface area contributed by atoms with Gasteiger partial charge < -0.3 is 16.0 Å². The van der Waals surface area contributed by atoms with Crippen LogP contribution in [-0.4, -0.2) is 25.5 Å². The van der Waals surface area contributed by atoms with Crippen LogP contribution in [0.4, 0.5) is 5.69 Å². The van der Waals surface area contributed by atoms with E-state index >= 15 is 0 Å². The topological polar surface area (TPSA) is 58.4 Å². The van der Waals surface area contributed by atoms with Gasteiger partial charge in [0.05, 0.1) is 5.92 Å². The Bertz CT molecular complexity index is 478. The Balaban J connectivity index is 2.21. The molecule has 1 heterocycles. The first-order valence-corrected chi connectivity index (χ1v) is 7.94. The number of anilines is 1. The minimum absolute atomic E-state index is 0.0327. The van der Waals surface area contributed by atoms with Crippen molar-refractivity contribution in [3.63, 3.8) is 0 Å². The minimum Gasteiger partial charge on any atom is -0.370 e. The number of primary amides is 1. The third kappa shape index (κ3) is 3.73. The fraction of sp³-hybridized carbons (Fsp3) is 0.533. The highest BCUT2D eigenvalue weighted by atomic mass is 79.9. The molecule has 2 rings (SSSR count). The Labute approximate surface area is 128 Å². The van der Waals surface area contributed by atoms with Crippen molar-refractivity contribution in [3.05, 3.63) is 28.2 Å². The fourth-order valence-electron chi connectivity index (χ4n) is 2.67. The van der Waals surface area contributed by atoms with Crippen LogP contribution >= 0.6 is 15.9 Å². The van der Waals surface area contributed by atoms with E-state index in [1.54, 1.807) is 0 Å². The van der Waals surface area contributed by atoms with Crippen molar-refractivity contribution in [2.45, 2.75) is 26.3 Å². The summed E-state index contributed by atoms with van der Waals surface area (Å²) in [6.07, 6.45) is 1.92. The van der Waals surface area contributed by atoms with E-state index in [1.807, 2.05) is 0 Å². The summed E-state index contributed by atoms with van der Waals surface area (Å²) >= 11 is 3.54. The summed E-state index contributed by atoms with van der Waals surface area (Å²) in [5, 5.41) is 3.36. The van der Waals surface area contributed by atoms with Crippen LogP contribution in [0.5, 0.6) is 0 Å². The minimum atomic E-state index is -0.182. The molecule has 110 valence electrons. The van der Waals surface area contributed by atoms with E-state index in [9.17, 15) is 4.79 Å². The Morgan fingerprint density at radius 2 is 2.35 bits per heavy atom. The number of halogens is 1. The molecule has 1 aromatic rings. The highest BCUT2D eigenvalue weighted by Gasteiger charge is 2.25. The first-order valence-electron chi connectivity index (χ1n) is 7.15. The summed E-state index contributed by atoms with van der Waals surface area (Å²) in [6.45, 7) is 5.60. The van der Waals surface area contributed by atoms with Crippen molar-refractivity contribution >= 4 is 27.5 Å². The lowest BCUT2D eigenvalue weighted by atomic mass is 9.96. The van der Waals surface area contributed by atoms with E-state index in [2.05, 4.69) is 51.3 Å². The van der Waals surface area contributed by atoms with Crippen LogP contribution in [0.3, 0.4) is 0 Å². The quantitative estimate of drug-likeness (QED) is 0.864. The molecule has 5 heteroatoms. The summed E-state index contributed by atoms with van der Waals surface area (Å²) in [6, 6.07) is 6.33. The largest absolute Gasteiger partial charge is 0.370 e. The number of nitrogens with one attached hydrogen (secondary N) is 1. The SMILES string of the molecule is CCNCc1ccc(Br)cc1N1CCCC(C(N)=O)C1. The van der Waals surface area contributed by atoms with E-state index in [1.165, 1.54) is 11.3 Å². The summed E-state index contributed by atoms with van der Waals surface area (Å²) in [5.74, 6) is -0.215. The molecule has 3 N–H and O–H groups in total. The third-order valence-corrected chi connectivity index (χ3v) is 4.27. The summed E-state index contributed by atoms with van der Waals surface area (Å²) in [5.41, 5.74) is 7.93. The zero-order chi connectivity index (χ0) is 14.5. The van der Waals surface area contributed by atoms with E-state index in [-0.39, 0.29) is 11.8 Å². The van der Waals surface area contributed by atoms with Crippen LogP contribution in [0.1, 0.15) is 25.3 Å². The molecule has 0 aliphatic carbocycles. The molecule has 1 aliphatic heterocycles. The zero-order valence-corrected chi connectivity index (χ0v) is 13.4. The monoisotopic (exact) mass is 339 g/mol. The van der Waals surface area contributed by atoms with Crippen LogP contribution in [0.25, 0.3) is 0 Å². The predicted octanol–water partition coefficient (Wildman–Crippen LogP) is 2.26. The smallest absolute Gasteiger partial charge is 0.222 e. The lowest BCUT2D eigenvalue weighted by Gasteiger charge is -2.34. The van der Waals surface area contributed by atoms with E-state index in [0.717, 1.165) is 43.5 Å². The van der Waals surface area contributed by atoms with Crippen molar-refractivity contribution in [1.82, 2.24) is 5.32 Å².